The van der Waals surface area contributed by atoms with Crippen LogP contribution in [0, 0.1) is 13.8 Å². The number of carbonyl (C=O) groups excluding carboxylic acids is 1. The molecule has 1 aromatic carbocycles. The molecule has 4 aromatic rings. The first-order valence-corrected chi connectivity index (χ1v) is 10.9. The quantitative estimate of drug-likeness (QED) is 0.444. The van der Waals surface area contributed by atoms with Crippen LogP contribution in [0.5, 0.6) is 0 Å². The standard InChI is InChI=1S/C22H20Cl2N6O2/c1-13-11-16(14(2)32-13)20(31)28-7-9-29(10-8-28)22-26-21-25-6-5-19(30(21)27-22)17-12-15(23)3-4-18(17)24/h3-6,11-12H,7-10H2,1-2H3. The SMILES string of the molecule is Cc1cc(C(=O)N2CCN(c3nc4nccc(-c5cc(Cl)ccc5Cl)n4n3)CC2)c(C)o1. The lowest BCUT2D eigenvalue weighted by atomic mass is 10.1. The Bertz CT molecular complexity index is 1320. The van der Waals surface area contributed by atoms with Crippen LogP contribution in [0.4, 0.5) is 5.95 Å². The third-order valence-electron chi connectivity index (χ3n) is 5.55. The fourth-order valence-corrected chi connectivity index (χ4v) is 4.32. The predicted octanol–water partition coefficient (Wildman–Crippen LogP) is 4.27. The van der Waals surface area contributed by atoms with E-state index < -0.39 is 0 Å². The Morgan fingerprint density at radius 2 is 1.84 bits per heavy atom. The van der Waals surface area contributed by atoms with E-state index >= 15 is 0 Å². The van der Waals surface area contributed by atoms with Crippen molar-refractivity contribution in [2.24, 2.45) is 0 Å². The molecule has 8 nitrogen and oxygen atoms in total. The molecule has 5 rings (SSSR count). The van der Waals surface area contributed by atoms with Gasteiger partial charge in [-0.1, -0.05) is 23.2 Å². The van der Waals surface area contributed by atoms with E-state index in [9.17, 15) is 4.79 Å². The van der Waals surface area contributed by atoms with Crippen LogP contribution in [0.2, 0.25) is 10.0 Å². The van der Waals surface area contributed by atoms with Gasteiger partial charge in [0.25, 0.3) is 11.7 Å². The maximum absolute atomic E-state index is 12.9. The van der Waals surface area contributed by atoms with Crippen molar-refractivity contribution in [1.29, 1.82) is 0 Å². The Morgan fingerprint density at radius 3 is 2.56 bits per heavy atom. The number of piperazine rings is 1. The van der Waals surface area contributed by atoms with Gasteiger partial charge in [-0.05, 0) is 44.2 Å². The Balaban J connectivity index is 1.38. The summed E-state index contributed by atoms with van der Waals surface area (Å²) in [5, 5.41) is 5.83. The van der Waals surface area contributed by atoms with Crippen LogP contribution in [-0.4, -0.2) is 56.6 Å². The predicted molar refractivity (Wildman–Crippen MR) is 123 cm³/mol. The van der Waals surface area contributed by atoms with Gasteiger partial charge in [0.05, 0.1) is 16.3 Å². The second-order valence-electron chi connectivity index (χ2n) is 7.68. The van der Waals surface area contributed by atoms with Crippen molar-refractivity contribution in [2.75, 3.05) is 31.1 Å². The lowest BCUT2D eigenvalue weighted by Crippen LogP contribution is -2.49. The molecule has 10 heteroatoms. The molecule has 3 aromatic heterocycles. The number of fused-ring (bicyclic) bond motifs is 1. The number of rotatable bonds is 3. The maximum Gasteiger partial charge on any atom is 0.257 e. The van der Waals surface area contributed by atoms with E-state index in [1.807, 2.05) is 24.8 Å². The van der Waals surface area contributed by atoms with E-state index in [1.165, 1.54) is 0 Å². The second kappa shape index (κ2) is 8.11. The van der Waals surface area contributed by atoms with Crippen molar-refractivity contribution < 1.29 is 9.21 Å². The first-order chi connectivity index (χ1) is 15.4. The van der Waals surface area contributed by atoms with Gasteiger partial charge in [0.15, 0.2) is 0 Å². The Morgan fingerprint density at radius 1 is 1.06 bits per heavy atom. The van der Waals surface area contributed by atoms with Gasteiger partial charge in [0.2, 0.25) is 5.95 Å². The summed E-state index contributed by atoms with van der Waals surface area (Å²) in [4.78, 5) is 25.7. The highest BCUT2D eigenvalue weighted by atomic mass is 35.5. The molecule has 164 valence electrons. The minimum atomic E-state index is -0.0125. The van der Waals surface area contributed by atoms with Gasteiger partial charge >= 0.3 is 0 Å². The van der Waals surface area contributed by atoms with E-state index in [1.54, 1.807) is 35.0 Å². The Labute approximate surface area is 194 Å². The van der Waals surface area contributed by atoms with Crippen LogP contribution < -0.4 is 4.90 Å². The molecule has 0 radical (unpaired) electrons. The van der Waals surface area contributed by atoms with Gasteiger partial charge in [-0.25, -0.2) is 4.98 Å². The highest BCUT2D eigenvalue weighted by molar-refractivity contribution is 6.35. The number of furan rings is 1. The lowest BCUT2D eigenvalue weighted by molar-refractivity contribution is 0.0744. The smallest absolute Gasteiger partial charge is 0.257 e. The van der Waals surface area contributed by atoms with Crippen molar-refractivity contribution in [2.45, 2.75) is 13.8 Å². The van der Waals surface area contributed by atoms with E-state index in [0.29, 0.717) is 59.3 Å². The summed E-state index contributed by atoms with van der Waals surface area (Å²) in [5.74, 6) is 2.40. The number of nitrogens with zero attached hydrogens (tertiary/aromatic N) is 6. The average molecular weight is 471 g/mol. The number of benzene rings is 1. The van der Waals surface area contributed by atoms with Crippen molar-refractivity contribution in [3.05, 3.63) is 63.7 Å². The molecule has 0 bridgehead atoms. The van der Waals surface area contributed by atoms with Crippen molar-refractivity contribution in [3.63, 3.8) is 0 Å². The van der Waals surface area contributed by atoms with E-state index in [0.717, 1.165) is 17.0 Å². The number of aromatic nitrogens is 4. The first-order valence-electron chi connectivity index (χ1n) is 10.2. The van der Waals surface area contributed by atoms with Gasteiger partial charge < -0.3 is 14.2 Å². The normalized spacial score (nSPS) is 14.4. The zero-order chi connectivity index (χ0) is 22.4. The summed E-state index contributed by atoms with van der Waals surface area (Å²) < 4.78 is 7.18. The summed E-state index contributed by atoms with van der Waals surface area (Å²) in [7, 11) is 0. The zero-order valence-corrected chi connectivity index (χ0v) is 19.1. The van der Waals surface area contributed by atoms with Crippen molar-refractivity contribution in [1.82, 2.24) is 24.5 Å². The third-order valence-corrected chi connectivity index (χ3v) is 6.12. The van der Waals surface area contributed by atoms with Crippen LogP contribution in [0.3, 0.4) is 0 Å². The van der Waals surface area contributed by atoms with Gasteiger partial charge in [0.1, 0.15) is 11.5 Å². The fourth-order valence-electron chi connectivity index (χ4n) is 3.94. The molecule has 4 heterocycles. The monoisotopic (exact) mass is 470 g/mol. The maximum atomic E-state index is 12.9. The van der Waals surface area contributed by atoms with Gasteiger partial charge in [-0.2, -0.15) is 9.50 Å². The largest absolute Gasteiger partial charge is 0.466 e. The molecule has 32 heavy (non-hydrogen) atoms. The number of anilines is 1. The Hall–Kier alpha value is -3.10. The molecule has 0 atom stereocenters. The number of hydrogen-bond acceptors (Lipinski definition) is 6. The van der Waals surface area contributed by atoms with Crippen LogP contribution in [0.1, 0.15) is 21.9 Å². The molecular weight excluding hydrogens is 451 g/mol. The number of carbonyl (C=O) groups is 1. The summed E-state index contributed by atoms with van der Waals surface area (Å²) >= 11 is 12.6. The molecule has 1 amide bonds. The van der Waals surface area contributed by atoms with E-state index in [-0.39, 0.29) is 5.91 Å². The van der Waals surface area contributed by atoms with Crippen LogP contribution in [0.15, 0.2) is 40.9 Å². The molecule has 0 aliphatic carbocycles. The van der Waals surface area contributed by atoms with E-state index in [4.69, 9.17) is 27.6 Å². The fraction of sp³-hybridized carbons (Fsp3) is 0.273. The summed E-state index contributed by atoms with van der Waals surface area (Å²) in [6, 6.07) is 8.91. The Kier molecular flexibility index (Phi) is 5.27. The highest BCUT2D eigenvalue weighted by Crippen LogP contribution is 2.30. The second-order valence-corrected chi connectivity index (χ2v) is 8.53. The van der Waals surface area contributed by atoms with Crippen LogP contribution in [0.25, 0.3) is 17.0 Å². The minimum absolute atomic E-state index is 0.0125. The lowest BCUT2D eigenvalue weighted by Gasteiger charge is -2.34. The molecule has 1 fully saturated rings. The van der Waals surface area contributed by atoms with Crippen molar-refractivity contribution in [3.8, 4) is 11.3 Å². The van der Waals surface area contributed by atoms with E-state index in [2.05, 4.69) is 20.0 Å². The highest BCUT2D eigenvalue weighted by Gasteiger charge is 2.27. The van der Waals surface area contributed by atoms with Gasteiger partial charge in [-0.3, -0.25) is 4.79 Å². The zero-order valence-electron chi connectivity index (χ0n) is 17.5. The minimum Gasteiger partial charge on any atom is -0.466 e. The number of aryl methyl sites for hydroxylation is 2. The molecule has 0 N–H and O–H groups in total. The van der Waals surface area contributed by atoms with Crippen molar-refractivity contribution >= 4 is 40.8 Å². The molecule has 1 saturated heterocycles. The molecule has 0 unspecified atom stereocenters. The summed E-state index contributed by atoms with van der Waals surface area (Å²) in [6.45, 7) is 6.03. The number of amides is 1. The van der Waals surface area contributed by atoms with Gasteiger partial charge in [-0.15, -0.1) is 5.10 Å². The third kappa shape index (κ3) is 3.69. The number of hydrogen-bond donors (Lipinski definition) is 0. The summed E-state index contributed by atoms with van der Waals surface area (Å²) in [5.41, 5.74) is 2.12. The number of halogens is 2. The molecular formula is C22H20Cl2N6O2. The average Bonchev–Trinajstić information content (AvgIpc) is 3.37. The molecule has 1 aliphatic rings. The molecule has 0 saturated carbocycles. The van der Waals surface area contributed by atoms with Gasteiger partial charge in [0, 0.05) is 43.0 Å². The van der Waals surface area contributed by atoms with Crippen LogP contribution >= 0.6 is 23.2 Å². The molecule has 1 aliphatic heterocycles. The van der Waals surface area contributed by atoms with Crippen LogP contribution in [-0.2, 0) is 0 Å². The summed E-state index contributed by atoms with van der Waals surface area (Å²) in [6.07, 6.45) is 1.67. The molecule has 0 spiro atoms. The topological polar surface area (TPSA) is 79.8 Å². The first kappa shape index (κ1) is 20.8.